The fraction of sp³-hybridized carbons (Fsp3) is 0.111. The fourth-order valence-electron chi connectivity index (χ4n) is 1.12. The summed E-state index contributed by atoms with van der Waals surface area (Å²) >= 11 is 1.09. The zero-order chi connectivity index (χ0) is 13.0. The molecule has 0 aromatic carbocycles. The first-order valence-electron chi connectivity index (χ1n) is 4.72. The van der Waals surface area contributed by atoms with Crippen LogP contribution in [0.3, 0.4) is 0 Å². The van der Waals surface area contributed by atoms with Gasteiger partial charge in [-0.05, 0) is 34.3 Å². The Kier molecular flexibility index (Phi) is 3.49. The third-order valence-electron chi connectivity index (χ3n) is 1.82. The van der Waals surface area contributed by atoms with E-state index in [1.165, 1.54) is 0 Å². The van der Waals surface area contributed by atoms with Gasteiger partial charge >= 0.3 is 5.97 Å². The molecule has 0 aliphatic rings. The van der Waals surface area contributed by atoms with E-state index in [1.54, 1.807) is 18.2 Å². The van der Waals surface area contributed by atoms with Crippen molar-refractivity contribution in [3.63, 3.8) is 0 Å². The summed E-state index contributed by atoms with van der Waals surface area (Å²) in [6, 6.07) is 6.86. The van der Waals surface area contributed by atoms with E-state index in [-0.39, 0.29) is 12.2 Å². The molecule has 0 radical (unpaired) electrons. The number of nitrogens with zero attached hydrogens (tertiary/aromatic N) is 6. The largest absolute Gasteiger partial charge is 0.480 e. The maximum absolute atomic E-state index is 10.6. The molecule has 90 valence electrons. The Balaban J connectivity index is 2.21. The number of hydrogen-bond donors (Lipinski definition) is 1. The van der Waals surface area contributed by atoms with Crippen molar-refractivity contribution in [2.45, 2.75) is 16.7 Å². The zero-order valence-corrected chi connectivity index (χ0v) is 9.70. The van der Waals surface area contributed by atoms with E-state index >= 15 is 0 Å². The third kappa shape index (κ3) is 2.80. The average molecular weight is 262 g/mol. The molecule has 0 fully saturated rings. The van der Waals surface area contributed by atoms with Crippen LogP contribution >= 0.6 is 11.8 Å². The Hall–Kier alpha value is -2.47. The van der Waals surface area contributed by atoms with Gasteiger partial charge in [0, 0.05) is 0 Å². The van der Waals surface area contributed by atoms with Crippen molar-refractivity contribution in [3.05, 3.63) is 23.9 Å². The normalized spacial score (nSPS) is 9.94. The maximum Gasteiger partial charge on any atom is 0.325 e. The molecule has 2 heterocycles. The van der Waals surface area contributed by atoms with Crippen LogP contribution in [0.5, 0.6) is 0 Å². The number of carbonyl (C=O) groups is 1. The number of carboxylic acids is 1. The number of pyridine rings is 1. The van der Waals surface area contributed by atoms with Gasteiger partial charge in [-0.2, -0.15) is 5.26 Å². The van der Waals surface area contributed by atoms with Crippen LogP contribution in [0.15, 0.2) is 28.4 Å². The highest BCUT2D eigenvalue weighted by atomic mass is 32.2. The Bertz CT molecular complexity index is 620. The Labute approximate surface area is 105 Å². The summed E-state index contributed by atoms with van der Waals surface area (Å²) in [5.74, 6) is -1.04. The van der Waals surface area contributed by atoms with E-state index in [2.05, 4.69) is 20.5 Å². The number of hydrogen-bond acceptors (Lipinski definition) is 7. The standard InChI is InChI=1S/C9H6N6O2S/c10-4-6-2-1-3-7(11-6)18-9-12-13-14-15(9)5-8(16)17/h1-3H,5H2,(H,16,17). The van der Waals surface area contributed by atoms with E-state index < -0.39 is 5.97 Å². The van der Waals surface area contributed by atoms with Crippen molar-refractivity contribution in [3.8, 4) is 6.07 Å². The summed E-state index contributed by atoms with van der Waals surface area (Å²) in [7, 11) is 0. The second-order valence-electron chi connectivity index (χ2n) is 3.09. The lowest BCUT2D eigenvalue weighted by molar-refractivity contribution is -0.138. The molecule has 0 saturated heterocycles. The lowest BCUT2D eigenvalue weighted by atomic mass is 10.4. The van der Waals surface area contributed by atoms with Gasteiger partial charge in [0.2, 0.25) is 5.16 Å². The predicted octanol–water partition coefficient (Wildman–Crippen LogP) is 0.176. The monoisotopic (exact) mass is 262 g/mol. The number of aromatic nitrogens is 5. The van der Waals surface area contributed by atoms with Crippen molar-refractivity contribution in [1.29, 1.82) is 5.26 Å². The SMILES string of the molecule is N#Cc1cccc(Sc2nnnn2CC(=O)O)n1. The van der Waals surface area contributed by atoms with Crippen molar-refractivity contribution in [2.75, 3.05) is 0 Å². The Morgan fingerprint density at radius 1 is 1.56 bits per heavy atom. The number of rotatable bonds is 4. The molecule has 1 N–H and O–H groups in total. The molecular formula is C9H6N6O2S. The van der Waals surface area contributed by atoms with Crippen LogP contribution in [0, 0.1) is 11.3 Å². The highest BCUT2D eigenvalue weighted by molar-refractivity contribution is 7.99. The molecule has 2 rings (SSSR count). The van der Waals surface area contributed by atoms with Crippen LogP contribution in [-0.4, -0.2) is 36.3 Å². The Morgan fingerprint density at radius 2 is 2.39 bits per heavy atom. The van der Waals surface area contributed by atoms with Crippen LogP contribution in [0.2, 0.25) is 0 Å². The molecule has 0 amide bonds. The van der Waals surface area contributed by atoms with Gasteiger partial charge in [0.1, 0.15) is 23.3 Å². The van der Waals surface area contributed by atoms with Gasteiger partial charge in [-0.1, -0.05) is 6.07 Å². The fourth-order valence-corrected chi connectivity index (χ4v) is 1.89. The number of nitriles is 1. The smallest absolute Gasteiger partial charge is 0.325 e. The second kappa shape index (κ2) is 5.24. The summed E-state index contributed by atoms with van der Waals surface area (Å²) in [5.41, 5.74) is 0.275. The van der Waals surface area contributed by atoms with E-state index in [4.69, 9.17) is 10.4 Å². The molecule has 0 atom stereocenters. The molecule has 0 saturated carbocycles. The molecule has 2 aromatic heterocycles. The van der Waals surface area contributed by atoms with Crippen LogP contribution < -0.4 is 0 Å². The van der Waals surface area contributed by atoms with Crippen LogP contribution in [-0.2, 0) is 11.3 Å². The van der Waals surface area contributed by atoms with Gasteiger partial charge in [0.15, 0.2) is 0 Å². The zero-order valence-electron chi connectivity index (χ0n) is 8.89. The second-order valence-corrected chi connectivity index (χ2v) is 4.08. The van der Waals surface area contributed by atoms with E-state index in [1.807, 2.05) is 6.07 Å². The van der Waals surface area contributed by atoms with Crippen molar-refractivity contribution >= 4 is 17.7 Å². The molecule has 2 aromatic rings. The summed E-state index contributed by atoms with van der Waals surface area (Å²) in [4.78, 5) is 14.6. The minimum Gasteiger partial charge on any atom is -0.480 e. The third-order valence-corrected chi connectivity index (χ3v) is 2.73. The summed E-state index contributed by atoms with van der Waals surface area (Å²) in [6.07, 6.45) is 0. The van der Waals surface area contributed by atoms with Gasteiger partial charge < -0.3 is 5.11 Å². The van der Waals surface area contributed by atoms with Gasteiger partial charge in [-0.25, -0.2) is 9.67 Å². The number of tetrazole rings is 1. The van der Waals surface area contributed by atoms with Crippen molar-refractivity contribution < 1.29 is 9.90 Å². The summed E-state index contributed by atoms with van der Waals surface area (Å²) in [5, 5.41) is 28.9. The number of carboxylic acid groups (broad SMARTS) is 1. The lowest BCUT2D eigenvalue weighted by Gasteiger charge is -2.00. The number of aliphatic carboxylic acids is 1. The summed E-state index contributed by atoms with van der Waals surface area (Å²) in [6.45, 7) is -0.326. The lowest BCUT2D eigenvalue weighted by Crippen LogP contribution is -2.11. The van der Waals surface area contributed by atoms with E-state index in [0.717, 1.165) is 16.4 Å². The van der Waals surface area contributed by atoms with Crippen molar-refractivity contribution in [1.82, 2.24) is 25.2 Å². The van der Waals surface area contributed by atoms with Crippen LogP contribution in [0.1, 0.15) is 5.69 Å². The van der Waals surface area contributed by atoms with Gasteiger partial charge in [0.05, 0.1) is 0 Å². The molecular weight excluding hydrogens is 256 g/mol. The first-order chi connectivity index (χ1) is 8.69. The minimum atomic E-state index is -1.04. The van der Waals surface area contributed by atoms with E-state index in [0.29, 0.717) is 10.2 Å². The van der Waals surface area contributed by atoms with Crippen LogP contribution in [0.25, 0.3) is 0 Å². The topological polar surface area (TPSA) is 118 Å². The van der Waals surface area contributed by atoms with Gasteiger partial charge in [-0.15, -0.1) is 5.10 Å². The Morgan fingerprint density at radius 3 is 3.11 bits per heavy atom. The molecule has 0 unspecified atom stereocenters. The molecule has 0 aliphatic carbocycles. The predicted molar refractivity (Wildman–Crippen MR) is 58.5 cm³/mol. The minimum absolute atomic E-state index is 0.275. The highest BCUT2D eigenvalue weighted by Crippen LogP contribution is 2.23. The van der Waals surface area contributed by atoms with Gasteiger partial charge in [-0.3, -0.25) is 4.79 Å². The molecule has 0 spiro atoms. The van der Waals surface area contributed by atoms with Gasteiger partial charge in [0.25, 0.3) is 0 Å². The first-order valence-corrected chi connectivity index (χ1v) is 5.53. The molecule has 9 heteroatoms. The quantitative estimate of drug-likeness (QED) is 0.828. The molecule has 0 bridgehead atoms. The maximum atomic E-state index is 10.6. The van der Waals surface area contributed by atoms with Crippen LogP contribution in [0.4, 0.5) is 0 Å². The molecule has 18 heavy (non-hydrogen) atoms. The first kappa shape index (κ1) is 12.0. The summed E-state index contributed by atoms with van der Waals surface area (Å²) < 4.78 is 1.15. The molecule has 8 nitrogen and oxygen atoms in total. The van der Waals surface area contributed by atoms with Crippen molar-refractivity contribution in [2.24, 2.45) is 0 Å². The van der Waals surface area contributed by atoms with E-state index in [9.17, 15) is 4.79 Å². The highest BCUT2D eigenvalue weighted by Gasteiger charge is 2.11. The average Bonchev–Trinajstić information content (AvgIpc) is 2.76. The molecule has 0 aliphatic heterocycles.